The summed E-state index contributed by atoms with van der Waals surface area (Å²) in [6.45, 7) is 1.97. The van der Waals surface area contributed by atoms with Crippen molar-refractivity contribution in [3.63, 3.8) is 0 Å². The monoisotopic (exact) mass is 328 g/mol. The topological polar surface area (TPSA) is 87.5 Å². The zero-order chi connectivity index (χ0) is 16.9. The molecule has 7 nitrogen and oxygen atoms in total. The summed E-state index contributed by atoms with van der Waals surface area (Å²) in [6.07, 6.45) is 5.95. The number of aliphatic carboxylic acids is 1. The minimum atomic E-state index is -0.834. The first kappa shape index (κ1) is 16.0. The van der Waals surface area contributed by atoms with Crippen LogP contribution in [0.5, 0.6) is 0 Å². The highest BCUT2D eigenvalue weighted by Gasteiger charge is 2.30. The van der Waals surface area contributed by atoms with E-state index in [0.29, 0.717) is 19.5 Å². The summed E-state index contributed by atoms with van der Waals surface area (Å²) in [6, 6.07) is 7.81. The first-order valence-electron chi connectivity index (χ1n) is 7.91. The van der Waals surface area contributed by atoms with E-state index in [1.54, 1.807) is 17.4 Å². The van der Waals surface area contributed by atoms with E-state index in [9.17, 15) is 9.59 Å². The van der Waals surface area contributed by atoms with E-state index in [4.69, 9.17) is 5.11 Å². The lowest BCUT2D eigenvalue weighted by Gasteiger charge is -2.16. The third kappa shape index (κ3) is 3.92. The number of benzene rings is 1. The van der Waals surface area contributed by atoms with Crippen molar-refractivity contribution in [1.82, 2.24) is 19.8 Å². The zero-order valence-electron chi connectivity index (χ0n) is 13.3. The molecule has 1 aliphatic rings. The minimum Gasteiger partial charge on any atom is -0.481 e. The van der Waals surface area contributed by atoms with Crippen LogP contribution in [0.2, 0.25) is 0 Å². The van der Waals surface area contributed by atoms with Crippen LogP contribution in [0.1, 0.15) is 17.5 Å². The van der Waals surface area contributed by atoms with Crippen LogP contribution >= 0.6 is 0 Å². The molecule has 1 saturated heterocycles. The molecule has 0 saturated carbocycles. The van der Waals surface area contributed by atoms with Crippen LogP contribution in [-0.4, -0.2) is 44.6 Å². The van der Waals surface area contributed by atoms with Gasteiger partial charge in [0.2, 0.25) is 0 Å². The van der Waals surface area contributed by atoms with Crippen molar-refractivity contribution in [2.75, 3.05) is 13.1 Å². The van der Waals surface area contributed by atoms with E-state index < -0.39 is 11.9 Å². The fourth-order valence-corrected chi connectivity index (χ4v) is 2.79. The number of rotatable bonds is 5. The van der Waals surface area contributed by atoms with E-state index >= 15 is 0 Å². The molecule has 0 bridgehead atoms. The van der Waals surface area contributed by atoms with E-state index in [2.05, 4.69) is 10.3 Å². The van der Waals surface area contributed by atoms with Gasteiger partial charge in [-0.2, -0.15) is 0 Å². The molecule has 1 aliphatic heterocycles. The second-order valence-electron chi connectivity index (χ2n) is 5.98. The number of aromatic nitrogens is 2. The van der Waals surface area contributed by atoms with Gasteiger partial charge in [-0.1, -0.05) is 24.3 Å². The van der Waals surface area contributed by atoms with Crippen molar-refractivity contribution in [1.29, 1.82) is 0 Å². The second-order valence-corrected chi connectivity index (χ2v) is 5.98. The predicted octanol–water partition coefficient (Wildman–Crippen LogP) is 1.55. The fourth-order valence-electron chi connectivity index (χ4n) is 2.79. The molecule has 2 N–H and O–H groups in total. The summed E-state index contributed by atoms with van der Waals surface area (Å²) in [5.41, 5.74) is 2.17. The van der Waals surface area contributed by atoms with Crippen LogP contribution in [0.3, 0.4) is 0 Å². The van der Waals surface area contributed by atoms with E-state index in [-0.39, 0.29) is 12.6 Å². The quantitative estimate of drug-likeness (QED) is 0.872. The fraction of sp³-hybridized carbons (Fsp3) is 0.353. The number of amides is 2. The number of carboxylic acid groups (broad SMARTS) is 1. The second kappa shape index (κ2) is 7.16. The summed E-state index contributed by atoms with van der Waals surface area (Å²) >= 11 is 0. The summed E-state index contributed by atoms with van der Waals surface area (Å²) in [5, 5.41) is 11.8. The number of nitrogens with one attached hydrogen (secondary N) is 1. The van der Waals surface area contributed by atoms with Crippen molar-refractivity contribution in [3.05, 3.63) is 54.1 Å². The predicted molar refractivity (Wildman–Crippen MR) is 87.3 cm³/mol. The smallest absolute Gasteiger partial charge is 0.317 e. The van der Waals surface area contributed by atoms with Crippen molar-refractivity contribution >= 4 is 12.0 Å². The van der Waals surface area contributed by atoms with Crippen molar-refractivity contribution < 1.29 is 14.7 Å². The van der Waals surface area contributed by atoms with Gasteiger partial charge in [-0.05, 0) is 17.5 Å². The number of urea groups is 1. The zero-order valence-corrected chi connectivity index (χ0v) is 13.3. The average molecular weight is 328 g/mol. The number of carbonyl (C=O) groups is 2. The number of imidazole rings is 1. The van der Waals surface area contributed by atoms with Gasteiger partial charge in [0.05, 0.1) is 12.2 Å². The van der Waals surface area contributed by atoms with Gasteiger partial charge in [-0.25, -0.2) is 9.78 Å². The third-order valence-electron chi connectivity index (χ3n) is 4.22. The van der Waals surface area contributed by atoms with Gasteiger partial charge in [0, 0.05) is 38.6 Å². The van der Waals surface area contributed by atoms with E-state index in [1.165, 1.54) is 0 Å². The standard InChI is InChI=1S/C17H20N4O3/c22-16(23)15-5-7-21(11-15)17(24)19-9-13-1-3-14(4-2-13)10-20-8-6-18-12-20/h1-4,6,8,12,15H,5,7,9-11H2,(H,19,24)(H,22,23). The number of likely N-dealkylation sites (tertiary alicyclic amines) is 1. The Balaban J connectivity index is 1.48. The van der Waals surface area contributed by atoms with Crippen LogP contribution in [-0.2, 0) is 17.9 Å². The molecule has 126 valence electrons. The largest absolute Gasteiger partial charge is 0.481 e. The van der Waals surface area contributed by atoms with Crippen LogP contribution in [0, 0.1) is 5.92 Å². The molecule has 2 aromatic rings. The van der Waals surface area contributed by atoms with Crippen molar-refractivity contribution in [2.45, 2.75) is 19.5 Å². The Morgan fingerprint density at radius 3 is 2.62 bits per heavy atom. The minimum absolute atomic E-state index is 0.207. The molecule has 2 heterocycles. The van der Waals surface area contributed by atoms with Crippen LogP contribution in [0.15, 0.2) is 43.0 Å². The lowest BCUT2D eigenvalue weighted by atomic mass is 10.1. The van der Waals surface area contributed by atoms with Gasteiger partial charge in [0.15, 0.2) is 0 Å². The van der Waals surface area contributed by atoms with Gasteiger partial charge in [0.25, 0.3) is 0 Å². The van der Waals surface area contributed by atoms with Gasteiger partial charge < -0.3 is 19.9 Å². The number of carbonyl (C=O) groups excluding carboxylic acids is 1. The lowest BCUT2D eigenvalue weighted by molar-refractivity contribution is -0.141. The number of carboxylic acids is 1. The molecule has 1 aromatic carbocycles. The van der Waals surface area contributed by atoms with Gasteiger partial charge in [-0.15, -0.1) is 0 Å². The maximum absolute atomic E-state index is 12.1. The molecule has 1 unspecified atom stereocenters. The Morgan fingerprint density at radius 2 is 2.00 bits per heavy atom. The Hall–Kier alpha value is -2.83. The van der Waals surface area contributed by atoms with Crippen molar-refractivity contribution in [3.8, 4) is 0 Å². The van der Waals surface area contributed by atoms with Crippen LogP contribution < -0.4 is 5.32 Å². The number of hydrogen-bond donors (Lipinski definition) is 2. The average Bonchev–Trinajstić information content (AvgIpc) is 3.25. The Bertz CT molecular complexity index is 697. The first-order chi connectivity index (χ1) is 11.6. The normalized spacial score (nSPS) is 17.0. The number of hydrogen-bond acceptors (Lipinski definition) is 3. The summed E-state index contributed by atoms with van der Waals surface area (Å²) < 4.78 is 1.99. The maximum Gasteiger partial charge on any atom is 0.317 e. The molecule has 2 amide bonds. The van der Waals surface area contributed by atoms with Gasteiger partial charge in [0.1, 0.15) is 0 Å². The molecule has 1 fully saturated rings. The highest BCUT2D eigenvalue weighted by atomic mass is 16.4. The van der Waals surface area contributed by atoms with Gasteiger partial charge >= 0.3 is 12.0 Å². The molecule has 3 rings (SSSR count). The van der Waals surface area contributed by atoms with E-state index in [0.717, 1.165) is 17.7 Å². The lowest BCUT2D eigenvalue weighted by Crippen LogP contribution is -2.38. The Kier molecular flexibility index (Phi) is 4.79. The van der Waals surface area contributed by atoms with E-state index in [1.807, 2.05) is 35.0 Å². The molecule has 0 spiro atoms. The number of nitrogens with zero attached hydrogens (tertiary/aromatic N) is 3. The highest BCUT2D eigenvalue weighted by molar-refractivity contribution is 5.77. The molecular formula is C17H20N4O3. The molecular weight excluding hydrogens is 308 g/mol. The molecule has 7 heteroatoms. The van der Waals surface area contributed by atoms with Crippen LogP contribution in [0.4, 0.5) is 4.79 Å². The molecule has 0 radical (unpaired) electrons. The highest BCUT2D eigenvalue weighted by Crippen LogP contribution is 2.16. The maximum atomic E-state index is 12.1. The SMILES string of the molecule is O=C(O)C1CCN(C(=O)NCc2ccc(Cn3ccnc3)cc2)C1. The molecule has 1 atom stereocenters. The molecule has 0 aliphatic carbocycles. The first-order valence-corrected chi connectivity index (χ1v) is 7.91. The molecule has 24 heavy (non-hydrogen) atoms. The summed E-state index contributed by atoms with van der Waals surface area (Å²) in [5.74, 6) is -1.28. The van der Waals surface area contributed by atoms with Crippen LogP contribution in [0.25, 0.3) is 0 Å². The summed E-state index contributed by atoms with van der Waals surface area (Å²) in [7, 11) is 0. The third-order valence-corrected chi connectivity index (χ3v) is 4.22. The Morgan fingerprint density at radius 1 is 1.25 bits per heavy atom. The van der Waals surface area contributed by atoms with Gasteiger partial charge in [-0.3, -0.25) is 4.79 Å². The Labute approximate surface area is 139 Å². The van der Waals surface area contributed by atoms with Crippen molar-refractivity contribution in [2.24, 2.45) is 5.92 Å². The summed E-state index contributed by atoms with van der Waals surface area (Å²) in [4.78, 5) is 28.6. The molecule has 1 aromatic heterocycles.